The molecule has 118 valence electrons. The lowest BCUT2D eigenvalue weighted by Crippen LogP contribution is -2.31. The summed E-state index contributed by atoms with van der Waals surface area (Å²) in [4.78, 5) is 11.3. The van der Waals surface area contributed by atoms with Gasteiger partial charge in [-0.05, 0) is 13.8 Å². The molecule has 4 rings (SSSR count). The van der Waals surface area contributed by atoms with Crippen molar-refractivity contribution in [3.8, 4) is 0 Å². The fraction of sp³-hybridized carbons (Fsp3) is 0.615. The summed E-state index contributed by atoms with van der Waals surface area (Å²) >= 11 is 5.17. The number of fused-ring (bicyclic) bond motifs is 2. The summed E-state index contributed by atoms with van der Waals surface area (Å²) < 4.78 is 20.0. The van der Waals surface area contributed by atoms with Crippen LogP contribution in [-0.4, -0.2) is 55.3 Å². The normalized spacial score (nSPS) is 33.4. The van der Waals surface area contributed by atoms with Gasteiger partial charge in [-0.3, -0.25) is 4.57 Å². The van der Waals surface area contributed by atoms with Crippen molar-refractivity contribution in [1.82, 2.24) is 19.5 Å². The van der Waals surface area contributed by atoms with Gasteiger partial charge in [0.25, 0.3) is 0 Å². The standard InChI is InChI=1S/C13H16N4O4S/c1-13(2)20-8-6(3-18)19-12(9(8)21-13)17-5-16-7-10(17)14-4-15-11(7)22/h4-6,8-9,12,18H,3H2,1-2H3,(H,14,15,22)/t6-,8-,9-,12+/m1/s1. The highest BCUT2D eigenvalue weighted by atomic mass is 32.1. The molecule has 2 fully saturated rings. The fourth-order valence-electron chi connectivity index (χ4n) is 3.10. The van der Waals surface area contributed by atoms with Crippen LogP contribution in [0.5, 0.6) is 0 Å². The van der Waals surface area contributed by atoms with Crippen molar-refractivity contribution in [2.24, 2.45) is 0 Å². The van der Waals surface area contributed by atoms with E-state index in [1.54, 1.807) is 6.33 Å². The Bertz CT molecular complexity index is 773. The van der Waals surface area contributed by atoms with Crippen molar-refractivity contribution in [3.63, 3.8) is 0 Å². The van der Waals surface area contributed by atoms with Gasteiger partial charge in [0.1, 0.15) is 29.5 Å². The van der Waals surface area contributed by atoms with Gasteiger partial charge in [-0.25, -0.2) is 9.97 Å². The van der Waals surface area contributed by atoms with Crippen LogP contribution in [-0.2, 0) is 14.2 Å². The van der Waals surface area contributed by atoms with E-state index in [0.29, 0.717) is 15.8 Å². The zero-order valence-corrected chi connectivity index (χ0v) is 12.9. The average Bonchev–Trinajstić information content (AvgIpc) is 3.10. The van der Waals surface area contributed by atoms with E-state index in [1.807, 2.05) is 18.4 Å². The molecule has 0 saturated carbocycles. The van der Waals surface area contributed by atoms with Crippen LogP contribution in [0.25, 0.3) is 11.2 Å². The maximum absolute atomic E-state index is 9.54. The predicted molar refractivity (Wildman–Crippen MR) is 77.5 cm³/mol. The summed E-state index contributed by atoms with van der Waals surface area (Å²) in [6, 6.07) is 0. The first-order chi connectivity index (χ1) is 10.5. The molecule has 0 aromatic carbocycles. The van der Waals surface area contributed by atoms with Crippen LogP contribution >= 0.6 is 12.2 Å². The SMILES string of the molecule is CC1(C)O[C@@H]2[C@H](O1)[C@@H](CO)O[C@@H]2n1cnc2c(=S)nc[nH]c21. The number of rotatable bonds is 2. The van der Waals surface area contributed by atoms with Crippen molar-refractivity contribution in [1.29, 1.82) is 0 Å². The van der Waals surface area contributed by atoms with Crippen molar-refractivity contribution >= 4 is 23.4 Å². The molecule has 0 aliphatic carbocycles. The third-order valence-corrected chi connectivity index (χ3v) is 4.26. The molecule has 4 atom stereocenters. The smallest absolute Gasteiger partial charge is 0.166 e. The molecule has 8 nitrogen and oxygen atoms in total. The number of nitrogens with one attached hydrogen (secondary N) is 1. The van der Waals surface area contributed by atoms with Crippen LogP contribution in [0.1, 0.15) is 20.1 Å². The van der Waals surface area contributed by atoms with E-state index >= 15 is 0 Å². The number of aromatic nitrogens is 4. The van der Waals surface area contributed by atoms with Gasteiger partial charge < -0.3 is 24.3 Å². The van der Waals surface area contributed by atoms with Crippen LogP contribution in [0.3, 0.4) is 0 Å². The Hall–Kier alpha value is -1.39. The Balaban J connectivity index is 1.78. The quantitative estimate of drug-likeness (QED) is 0.793. The van der Waals surface area contributed by atoms with Crippen molar-refractivity contribution in [2.45, 2.75) is 44.2 Å². The van der Waals surface area contributed by atoms with Gasteiger partial charge in [-0.1, -0.05) is 12.2 Å². The molecular formula is C13H16N4O4S. The van der Waals surface area contributed by atoms with Gasteiger partial charge >= 0.3 is 0 Å². The monoisotopic (exact) mass is 324 g/mol. The van der Waals surface area contributed by atoms with E-state index in [-0.39, 0.29) is 18.8 Å². The molecule has 4 heterocycles. The van der Waals surface area contributed by atoms with Gasteiger partial charge in [-0.15, -0.1) is 0 Å². The lowest BCUT2D eigenvalue weighted by atomic mass is 10.1. The number of aliphatic hydroxyl groups excluding tert-OH is 1. The van der Waals surface area contributed by atoms with Gasteiger partial charge in [0.05, 0.1) is 19.3 Å². The van der Waals surface area contributed by atoms with E-state index in [4.69, 9.17) is 26.4 Å². The molecule has 2 saturated heterocycles. The van der Waals surface area contributed by atoms with Gasteiger partial charge in [0.15, 0.2) is 16.7 Å². The molecule has 0 spiro atoms. The maximum Gasteiger partial charge on any atom is 0.166 e. The topological polar surface area (TPSA) is 94.4 Å². The third-order valence-electron chi connectivity index (χ3n) is 3.96. The summed E-state index contributed by atoms with van der Waals surface area (Å²) in [5.74, 6) is -0.713. The molecule has 0 bridgehead atoms. The molecule has 2 aliphatic heterocycles. The highest BCUT2D eigenvalue weighted by molar-refractivity contribution is 7.71. The second kappa shape index (κ2) is 4.80. The number of hydrogen-bond donors (Lipinski definition) is 2. The highest BCUT2D eigenvalue weighted by Crippen LogP contribution is 2.43. The van der Waals surface area contributed by atoms with Crippen LogP contribution < -0.4 is 0 Å². The Kier molecular flexibility index (Phi) is 3.10. The second-order valence-electron chi connectivity index (χ2n) is 5.87. The van der Waals surface area contributed by atoms with Crippen molar-refractivity contribution in [2.75, 3.05) is 6.61 Å². The summed E-state index contributed by atoms with van der Waals surface area (Å²) in [5, 5.41) is 9.54. The molecule has 9 heteroatoms. The predicted octanol–water partition coefficient (Wildman–Crippen LogP) is 0.899. The number of aliphatic hydroxyl groups is 1. The van der Waals surface area contributed by atoms with Crippen LogP contribution in [0.15, 0.2) is 12.7 Å². The minimum atomic E-state index is -0.713. The lowest BCUT2D eigenvalue weighted by Gasteiger charge is -2.24. The Morgan fingerprint density at radius 2 is 2.14 bits per heavy atom. The summed E-state index contributed by atoms with van der Waals surface area (Å²) in [6.45, 7) is 3.56. The van der Waals surface area contributed by atoms with Crippen molar-refractivity contribution in [3.05, 3.63) is 17.3 Å². The highest BCUT2D eigenvalue weighted by Gasteiger charge is 2.55. The van der Waals surface area contributed by atoms with Crippen LogP contribution in [0.4, 0.5) is 0 Å². The molecular weight excluding hydrogens is 308 g/mol. The summed E-state index contributed by atoms with van der Waals surface area (Å²) in [5.41, 5.74) is 1.30. The zero-order chi connectivity index (χ0) is 15.5. The second-order valence-corrected chi connectivity index (χ2v) is 6.26. The van der Waals surface area contributed by atoms with E-state index in [1.165, 1.54) is 6.33 Å². The Labute approximate surface area is 131 Å². The number of aromatic amines is 1. The molecule has 0 amide bonds. The van der Waals surface area contributed by atoms with Gasteiger partial charge in [0.2, 0.25) is 0 Å². The average molecular weight is 324 g/mol. The minimum absolute atomic E-state index is 0.138. The first-order valence-electron chi connectivity index (χ1n) is 7.02. The molecule has 2 aliphatic rings. The number of H-pyrrole nitrogens is 1. The largest absolute Gasteiger partial charge is 0.394 e. The third kappa shape index (κ3) is 2.01. The molecule has 2 N–H and O–H groups in total. The molecule has 2 aromatic heterocycles. The van der Waals surface area contributed by atoms with Crippen LogP contribution in [0, 0.1) is 4.64 Å². The van der Waals surface area contributed by atoms with Crippen LogP contribution in [0.2, 0.25) is 0 Å². The molecule has 2 aromatic rings. The number of ether oxygens (including phenoxy) is 3. The van der Waals surface area contributed by atoms with E-state index in [2.05, 4.69) is 15.0 Å². The maximum atomic E-state index is 9.54. The summed E-state index contributed by atoms with van der Waals surface area (Å²) in [7, 11) is 0. The fourth-order valence-corrected chi connectivity index (χ4v) is 3.30. The van der Waals surface area contributed by atoms with Gasteiger partial charge in [0, 0.05) is 0 Å². The van der Waals surface area contributed by atoms with E-state index in [9.17, 15) is 5.11 Å². The van der Waals surface area contributed by atoms with E-state index in [0.717, 1.165) is 0 Å². The zero-order valence-electron chi connectivity index (χ0n) is 12.1. The summed E-state index contributed by atoms with van der Waals surface area (Å²) in [6.07, 6.45) is 1.59. The van der Waals surface area contributed by atoms with Crippen molar-refractivity contribution < 1.29 is 19.3 Å². The Morgan fingerprint density at radius 3 is 2.91 bits per heavy atom. The first-order valence-corrected chi connectivity index (χ1v) is 7.43. The number of imidazole rings is 1. The Morgan fingerprint density at radius 1 is 1.36 bits per heavy atom. The van der Waals surface area contributed by atoms with E-state index < -0.39 is 18.1 Å². The first kappa shape index (κ1) is 14.2. The number of nitrogens with zero attached hydrogens (tertiary/aromatic N) is 3. The van der Waals surface area contributed by atoms with Gasteiger partial charge in [-0.2, -0.15) is 0 Å². The molecule has 0 radical (unpaired) electrons. The molecule has 22 heavy (non-hydrogen) atoms. The molecule has 0 unspecified atom stereocenters. The minimum Gasteiger partial charge on any atom is -0.394 e. The lowest BCUT2D eigenvalue weighted by molar-refractivity contribution is -0.199. The number of hydrogen-bond acceptors (Lipinski definition) is 7.